The van der Waals surface area contributed by atoms with Gasteiger partial charge in [-0.05, 0) is 30.0 Å². The van der Waals surface area contributed by atoms with Crippen molar-refractivity contribution >= 4 is 11.2 Å². The van der Waals surface area contributed by atoms with Gasteiger partial charge >= 0.3 is 0 Å². The van der Waals surface area contributed by atoms with E-state index in [-0.39, 0.29) is 5.76 Å². The molecule has 2 aromatic heterocycles. The molecule has 0 saturated heterocycles. The second-order valence-electron chi connectivity index (χ2n) is 3.42. The summed E-state index contributed by atoms with van der Waals surface area (Å²) in [4.78, 5) is 4.13. The highest BCUT2D eigenvalue weighted by Crippen LogP contribution is 2.17. The molecule has 0 saturated carbocycles. The van der Waals surface area contributed by atoms with Gasteiger partial charge in [-0.3, -0.25) is 0 Å². The third kappa shape index (κ3) is 2.34. The Balaban J connectivity index is 2.51. The summed E-state index contributed by atoms with van der Waals surface area (Å²) in [6.45, 7) is 3.42. The lowest BCUT2D eigenvalue weighted by Crippen LogP contribution is -1.93. The highest BCUT2D eigenvalue weighted by molar-refractivity contribution is 5.76. The first-order valence-corrected chi connectivity index (χ1v) is 4.98. The molecule has 0 amide bonds. The maximum atomic E-state index is 9.20. The molecule has 0 aliphatic heterocycles. The SMILES string of the molecule is C=C(O)/C=C(\C=C/N)c1cnn2ccnc2c1. The average Bonchev–Trinajstić information content (AvgIpc) is 2.74. The zero-order valence-corrected chi connectivity index (χ0v) is 9.11. The smallest absolute Gasteiger partial charge is 0.154 e. The van der Waals surface area contributed by atoms with Gasteiger partial charge in [0, 0.05) is 18.0 Å². The summed E-state index contributed by atoms with van der Waals surface area (Å²) in [6, 6.07) is 1.85. The molecule has 0 spiro atoms. The number of aromatic nitrogens is 3. The first-order chi connectivity index (χ1) is 8.20. The first-order valence-electron chi connectivity index (χ1n) is 4.98. The number of fused-ring (bicyclic) bond motifs is 1. The Bertz CT molecular complexity index is 610. The minimum Gasteiger partial charge on any atom is -0.509 e. The standard InChI is InChI=1S/C12H12N4O/c1-9(17)6-10(2-3-13)11-7-12-14-4-5-16(12)15-8-11/h2-8,17H,1,13H2/b3-2-,10-6+. The van der Waals surface area contributed by atoms with Crippen LogP contribution in [0.2, 0.25) is 0 Å². The Hall–Kier alpha value is -2.56. The van der Waals surface area contributed by atoms with Gasteiger partial charge in [-0.15, -0.1) is 0 Å². The number of hydrogen-bond donors (Lipinski definition) is 2. The van der Waals surface area contributed by atoms with Gasteiger partial charge in [0.25, 0.3) is 0 Å². The molecule has 0 bridgehead atoms. The van der Waals surface area contributed by atoms with E-state index in [0.717, 1.165) is 16.8 Å². The van der Waals surface area contributed by atoms with Crippen molar-refractivity contribution in [2.75, 3.05) is 0 Å². The summed E-state index contributed by atoms with van der Waals surface area (Å²) in [7, 11) is 0. The second-order valence-corrected chi connectivity index (χ2v) is 3.42. The number of hydrogen-bond acceptors (Lipinski definition) is 4. The number of aliphatic hydroxyl groups excluding tert-OH is 1. The molecule has 17 heavy (non-hydrogen) atoms. The van der Waals surface area contributed by atoms with Crippen LogP contribution in [0.5, 0.6) is 0 Å². The van der Waals surface area contributed by atoms with Gasteiger partial charge in [-0.2, -0.15) is 5.10 Å². The number of rotatable bonds is 3. The van der Waals surface area contributed by atoms with Crippen molar-refractivity contribution in [3.05, 3.63) is 60.9 Å². The number of aliphatic hydroxyl groups is 1. The van der Waals surface area contributed by atoms with Crippen molar-refractivity contribution < 1.29 is 5.11 Å². The molecule has 0 aromatic carbocycles. The lowest BCUT2D eigenvalue weighted by Gasteiger charge is -2.02. The Morgan fingerprint density at radius 1 is 1.53 bits per heavy atom. The molecule has 0 radical (unpaired) electrons. The predicted molar refractivity (Wildman–Crippen MR) is 66.1 cm³/mol. The molecule has 0 fully saturated rings. The van der Waals surface area contributed by atoms with E-state index in [9.17, 15) is 5.11 Å². The Kier molecular flexibility index (Phi) is 2.91. The van der Waals surface area contributed by atoms with Gasteiger partial charge in [0.05, 0.1) is 6.20 Å². The molecular formula is C12H12N4O. The molecule has 3 N–H and O–H groups in total. The van der Waals surface area contributed by atoms with Crippen LogP contribution >= 0.6 is 0 Å². The van der Waals surface area contributed by atoms with Crippen molar-refractivity contribution in [3.63, 3.8) is 0 Å². The Morgan fingerprint density at radius 3 is 3.06 bits per heavy atom. The van der Waals surface area contributed by atoms with Crippen LogP contribution in [0.4, 0.5) is 0 Å². The molecule has 2 rings (SSSR count). The monoisotopic (exact) mass is 228 g/mol. The van der Waals surface area contributed by atoms with Crippen LogP contribution in [-0.4, -0.2) is 19.7 Å². The molecule has 86 valence electrons. The summed E-state index contributed by atoms with van der Waals surface area (Å²) >= 11 is 0. The summed E-state index contributed by atoms with van der Waals surface area (Å²) in [5.41, 5.74) is 7.61. The maximum Gasteiger partial charge on any atom is 0.154 e. The number of nitrogens with two attached hydrogens (primary N) is 1. The molecule has 5 nitrogen and oxygen atoms in total. The van der Waals surface area contributed by atoms with Crippen LogP contribution in [0.3, 0.4) is 0 Å². The van der Waals surface area contributed by atoms with E-state index in [0.29, 0.717) is 0 Å². The van der Waals surface area contributed by atoms with Crippen LogP contribution in [0.25, 0.3) is 11.2 Å². The minimum atomic E-state index is -0.0404. The van der Waals surface area contributed by atoms with Crippen molar-refractivity contribution in [1.82, 2.24) is 14.6 Å². The summed E-state index contributed by atoms with van der Waals surface area (Å²) < 4.78 is 1.65. The number of allylic oxidation sites excluding steroid dienone is 3. The zero-order valence-electron chi connectivity index (χ0n) is 9.11. The highest BCUT2D eigenvalue weighted by Gasteiger charge is 2.02. The topological polar surface area (TPSA) is 76.4 Å². The van der Waals surface area contributed by atoms with E-state index in [1.807, 2.05) is 6.07 Å². The summed E-state index contributed by atoms with van der Waals surface area (Å²) in [5, 5.41) is 13.4. The van der Waals surface area contributed by atoms with E-state index in [4.69, 9.17) is 5.73 Å². The maximum absolute atomic E-state index is 9.20. The van der Waals surface area contributed by atoms with Crippen molar-refractivity contribution in [1.29, 1.82) is 0 Å². The molecule has 0 aliphatic rings. The fourth-order valence-corrected chi connectivity index (χ4v) is 1.48. The molecular weight excluding hydrogens is 216 g/mol. The fourth-order valence-electron chi connectivity index (χ4n) is 1.48. The Labute approximate surface area is 98.2 Å². The van der Waals surface area contributed by atoms with Gasteiger partial charge in [0.1, 0.15) is 5.76 Å². The van der Waals surface area contributed by atoms with Crippen molar-refractivity contribution in [2.45, 2.75) is 0 Å². The molecule has 2 aromatic rings. The van der Waals surface area contributed by atoms with Gasteiger partial charge < -0.3 is 10.8 Å². The molecule has 2 heterocycles. The van der Waals surface area contributed by atoms with Gasteiger partial charge in [0.2, 0.25) is 0 Å². The van der Waals surface area contributed by atoms with E-state index >= 15 is 0 Å². The zero-order chi connectivity index (χ0) is 12.3. The van der Waals surface area contributed by atoms with E-state index in [1.54, 1.807) is 29.2 Å². The molecule has 0 aliphatic carbocycles. The first kappa shape index (κ1) is 10.9. The predicted octanol–water partition coefficient (Wildman–Crippen LogP) is 1.66. The average molecular weight is 228 g/mol. The quantitative estimate of drug-likeness (QED) is 0.618. The van der Waals surface area contributed by atoms with Gasteiger partial charge in [-0.25, -0.2) is 9.50 Å². The highest BCUT2D eigenvalue weighted by atomic mass is 16.3. The molecule has 5 heteroatoms. The molecule has 0 atom stereocenters. The third-order valence-corrected chi connectivity index (χ3v) is 2.19. The largest absolute Gasteiger partial charge is 0.509 e. The van der Waals surface area contributed by atoms with Gasteiger partial charge in [-0.1, -0.05) is 6.58 Å². The van der Waals surface area contributed by atoms with E-state index in [2.05, 4.69) is 16.7 Å². The normalized spacial score (nSPS) is 12.4. The Morgan fingerprint density at radius 2 is 2.35 bits per heavy atom. The van der Waals surface area contributed by atoms with Crippen LogP contribution in [0.1, 0.15) is 5.56 Å². The lowest BCUT2D eigenvalue weighted by atomic mass is 10.1. The van der Waals surface area contributed by atoms with E-state index in [1.165, 1.54) is 12.3 Å². The third-order valence-electron chi connectivity index (χ3n) is 2.19. The lowest BCUT2D eigenvalue weighted by molar-refractivity contribution is 0.435. The number of nitrogens with zero attached hydrogens (tertiary/aromatic N) is 3. The summed E-state index contributed by atoms with van der Waals surface area (Å²) in [6.07, 6.45) is 9.66. The molecule has 0 unspecified atom stereocenters. The fraction of sp³-hybridized carbons (Fsp3) is 0. The van der Waals surface area contributed by atoms with Crippen molar-refractivity contribution in [2.24, 2.45) is 5.73 Å². The minimum absolute atomic E-state index is 0.0404. The summed E-state index contributed by atoms with van der Waals surface area (Å²) in [5.74, 6) is -0.0404. The van der Waals surface area contributed by atoms with Crippen LogP contribution in [-0.2, 0) is 0 Å². The van der Waals surface area contributed by atoms with Crippen LogP contribution in [0.15, 0.2) is 55.3 Å². The van der Waals surface area contributed by atoms with Crippen LogP contribution < -0.4 is 5.73 Å². The second kappa shape index (κ2) is 4.52. The van der Waals surface area contributed by atoms with Crippen molar-refractivity contribution in [3.8, 4) is 0 Å². The van der Waals surface area contributed by atoms with E-state index < -0.39 is 0 Å². The number of imidazole rings is 1. The van der Waals surface area contributed by atoms with Gasteiger partial charge in [0.15, 0.2) is 5.65 Å². The van der Waals surface area contributed by atoms with Crippen LogP contribution in [0, 0.1) is 0 Å².